The van der Waals surface area contributed by atoms with Crippen LogP contribution in [0.1, 0.15) is 56.8 Å². The number of rotatable bonds is 4. The quantitative estimate of drug-likeness (QED) is 0.772. The maximum atomic E-state index is 12.2. The summed E-state index contributed by atoms with van der Waals surface area (Å²) < 4.78 is 0. The van der Waals surface area contributed by atoms with Gasteiger partial charge in [-0.1, -0.05) is 18.6 Å². The summed E-state index contributed by atoms with van der Waals surface area (Å²) in [6, 6.07) is 9.58. The van der Waals surface area contributed by atoms with Crippen molar-refractivity contribution in [3.8, 4) is 11.1 Å². The van der Waals surface area contributed by atoms with Gasteiger partial charge in [-0.25, -0.2) is 4.79 Å². The summed E-state index contributed by atoms with van der Waals surface area (Å²) in [5.41, 5.74) is 4.60. The summed E-state index contributed by atoms with van der Waals surface area (Å²) in [6.07, 6.45) is 5.19. The monoisotopic (exact) mass is 422 g/mol. The fourth-order valence-corrected chi connectivity index (χ4v) is 4.84. The molecule has 2 aliphatic heterocycles. The molecule has 164 valence electrons. The number of aromatic nitrogens is 1. The highest BCUT2D eigenvalue weighted by atomic mass is 16.4. The second-order valence-corrected chi connectivity index (χ2v) is 8.62. The largest absolute Gasteiger partial charge is 0.465 e. The van der Waals surface area contributed by atoms with Crippen LogP contribution in [0.2, 0.25) is 0 Å². The molecule has 1 saturated heterocycles. The Bertz CT molecular complexity index is 954. The van der Waals surface area contributed by atoms with Crippen molar-refractivity contribution < 1.29 is 14.7 Å². The van der Waals surface area contributed by atoms with Crippen molar-refractivity contribution in [2.75, 3.05) is 18.0 Å². The first kappa shape index (κ1) is 21.3. The molecule has 2 N–H and O–H groups in total. The van der Waals surface area contributed by atoms with Gasteiger partial charge >= 0.3 is 6.09 Å². The molecule has 0 radical (unpaired) electrons. The molecule has 2 aliphatic rings. The van der Waals surface area contributed by atoms with Crippen LogP contribution < -0.4 is 10.2 Å². The van der Waals surface area contributed by atoms with E-state index in [1.165, 1.54) is 19.3 Å². The lowest BCUT2D eigenvalue weighted by Crippen LogP contribution is -2.45. The van der Waals surface area contributed by atoms with Crippen molar-refractivity contribution in [3.63, 3.8) is 0 Å². The molecule has 1 aromatic heterocycles. The molecule has 7 nitrogen and oxygen atoms in total. The van der Waals surface area contributed by atoms with E-state index in [0.717, 1.165) is 47.7 Å². The SMILES string of the molecule is CC(=O)N1c2ccc(-c3ccc(CN4CCCCC4)nc3)cc2[C@@H](NC(=O)O)C[C@H]1C. The predicted molar refractivity (Wildman–Crippen MR) is 120 cm³/mol. The van der Waals surface area contributed by atoms with Gasteiger partial charge < -0.3 is 15.3 Å². The number of hydrogen-bond donors (Lipinski definition) is 2. The highest BCUT2D eigenvalue weighted by molar-refractivity contribution is 5.94. The van der Waals surface area contributed by atoms with E-state index in [1.54, 1.807) is 11.8 Å². The average Bonchev–Trinajstić information content (AvgIpc) is 2.74. The van der Waals surface area contributed by atoms with Gasteiger partial charge in [0, 0.05) is 37.0 Å². The Kier molecular flexibility index (Phi) is 6.23. The topological polar surface area (TPSA) is 85.8 Å². The third kappa shape index (κ3) is 4.71. The van der Waals surface area contributed by atoms with Crippen molar-refractivity contribution in [2.24, 2.45) is 0 Å². The van der Waals surface area contributed by atoms with Crippen molar-refractivity contribution in [1.82, 2.24) is 15.2 Å². The van der Waals surface area contributed by atoms with E-state index in [1.807, 2.05) is 31.3 Å². The van der Waals surface area contributed by atoms with Gasteiger partial charge in [-0.15, -0.1) is 0 Å². The second-order valence-electron chi connectivity index (χ2n) is 8.62. The van der Waals surface area contributed by atoms with Gasteiger partial charge in [-0.3, -0.25) is 14.7 Å². The van der Waals surface area contributed by atoms with E-state index < -0.39 is 6.09 Å². The number of amides is 2. The number of hydrogen-bond acceptors (Lipinski definition) is 4. The van der Waals surface area contributed by atoms with E-state index in [0.29, 0.717) is 6.42 Å². The molecule has 31 heavy (non-hydrogen) atoms. The Balaban J connectivity index is 1.61. The zero-order valence-corrected chi connectivity index (χ0v) is 18.2. The molecule has 0 spiro atoms. The smallest absolute Gasteiger partial charge is 0.405 e. The van der Waals surface area contributed by atoms with Crippen LogP contribution in [0.3, 0.4) is 0 Å². The highest BCUT2D eigenvalue weighted by Crippen LogP contribution is 2.39. The molecule has 1 fully saturated rings. The lowest BCUT2D eigenvalue weighted by atomic mass is 9.89. The van der Waals surface area contributed by atoms with Crippen LogP contribution in [0.4, 0.5) is 10.5 Å². The minimum absolute atomic E-state index is 0.0426. The number of carboxylic acid groups (broad SMARTS) is 1. The van der Waals surface area contributed by atoms with E-state index in [2.05, 4.69) is 27.3 Å². The Morgan fingerprint density at radius 3 is 2.52 bits per heavy atom. The van der Waals surface area contributed by atoms with Crippen LogP contribution in [0.25, 0.3) is 11.1 Å². The first-order chi connectivity index (χ1) is 14.9. The summed E-state index contributed by atoms with van der Waals surface area (Å²) in [4.78, 5) is 32.4. The number of pyridine rings is 1. The van der Waals surface area contributed by atoms with Gasteiger partial charge in [0.1, 0.15) is 0 Å². The predicted octanol–water partition coefficient (Wildman–Crippen LogP) is 4.19. The molecule has 2 amide bonds. The number of anilines is 1. The summed E-state index contributed by atoms with van der Waals surface area (Å²) in [5, 5.41) is 11.9. The minimum Gasteiger partial charge on any atom is -0.465 e. The summed E-state index contributed by atoms with van der Waals surface area (Å²) in [7, 11) is 0. The Morgan fingerprint density at radius 2 is 1.87 bits per heavy atom. The van der Waals surface area contributed by atoms with Gasteiger partial charge in [0.05, 0.1) is 11.7 Å². The molecular weight excluding hydrogens is 392 g/mol. The van der Waals surface area contributed by atoms with E-state index >= 15 is 0 Å². The number of carbonyl (C=O) groups is 2. The lowest BCUT2D eigenvalue weighted by Gasteiger charge is -2.39. The van der Waals surface area contributed by atoms with Crippen LogP contribution in [-0.4, -0.2) is 46.1 Å². The molecule has 3 heterocycles. The maximum Gasteiger partial charge on any atom is 0.405 e. The normalized spacial score (nSPS) is 21.4. The number of nitrogens with one attached hydrogen (secondary N) is 1. The van der Waals surface area contributed by atoms with Crippen LogP contribution in [-0.2, 0) is 11.3 Å². The molecular formula is C24H30N4O3. The Hall–Kier alpha value is -2.93. The van der Waals surface area contributed by atoms with Gasteiger partial charge in [0.2, 0.25) is 5.91 Å². The number of nitrogens with zero attached hydrogens (tertiary/aromatic N) is 3. The first-order valence-corrected chi connectivity index (χ1v) is 11.0. The zero-order chi connectivity index (χ0) is 22.0. The van der Waals surface area contributed by atoms with Crippen molar-refractivity contribution >= 4 is 17.7 Å². The number of likely N-dealkylation sites (tertiary alicyclic amines) is 1. The van der Waals surface area contributed by atoms with Crippen molar-refractivity contribution in [2.45, 2.75) is 58.2 Å². The third-order valence-corrected chi connectivity index (χ3v) is 6.31. The van der Waals surface area contributed by atoms with Crippen LogP contribution in [0.5, 0.6) is 0 Å². The molecule has 0 saturated carbocycles. The van der Waals surface area contributed by atoms with Crippen molar-refractivity contribution in [3.05, 3.63) is 47.8 Å². The number of fused-ring (bicyclic) bond motifs is 1. The van der Waals surface area contributed by atoms with E-state index in [9.17, 15) is 14.7 Å². The third-order valence-electron chi connectivity index (χ3n) is 6.31. The summed E-state index contributed by atoms with van der Waals surface area (Å²) in [5.74, 6) is -0.0426. The fraction of sp³-hybridized carbons (Fsp3) is 0.458. The molecule has 0 unspecified atom stereocenters. The fourth-order valence-electron chi connectivity index (χ4n) is 4.84. The van der Waals surface area contributed by atoms with E-state index in [-0.39, 0.29) is 18.0 Å². The molecule has 4 rings (SSSR count). The summed E-state index contributed by atoms with van der Waals surface area (Å²) >= 11 is 0. The van der Waals surface area contributed by atoms with Gasteiger partial charge in [-0.2, -0.15) is 0 Å². The van der Waals surface area contributed by atoms with Crippen LogP contribution in [0.15, 0.2) is 36.5 Å². The Morgan fingerprint density at radius 1 is 1.13 bits per heavy atom. The number of benzene rings is 1. The Labute approximate surface area is 183 Å². The average molecular weight is 423 g/mol. The second kappa shape index (κ2) is 9.06. The van der Waals surface area contributed by atoms with Crippen LogP contribution in [0, 0.1) is 0 Å². The maximum absolute atomic E-state index is 12.2. The molecule has 7 heteroatoms. The van der Waals surface area contributed by atoms with Gasteiger partial charge in [0.25, 0.3) is 0 Å². The van der Waals surface area contributed by atoms with E-state index in [4.69, 9.17) is 0 Å². The standard InChI is InChI=1S/C24H30N4O3/c1-16-12-22(26-24(30)31)21-13-18(7-9-23(21)28(16)17(2)29)19-6-8-20(25-14-19)15-27-10-4-3-5-11-27/h6-9,13-14,16,22,26H,3-5,10-12,15H2,1-2H3,(H,30,31)/t16-,22+/m1/s1. The van der Waals surface area contributed by atoms with Gasteiger partial charge in [-0.05, 0) is 68.6 Å². The zero-order valence-electron chi connectivity index (χ0n) is 18.2. The van der Waals surface area contributed by atoms with Crippen molar-refractivity contribution in [1.29, 1.82) is 0 Å². The molecule has 2 aromatic rings. The summed E-state index contributed by atoms with van der Waals surface area (Å²) in [6.45, 7) is 6.64. The number of carbonyl (C=O) groups excluding carboxylic acids is 1. The molecule has 1 aromatic carbocycles. The first-order valence-electron chi connectivity index (χ1n) is 11.0. The molecule has 0 aliphatic carbocycles. The minimum atomic E-state index is -1.06. The highest BCUT2D eigenvalue weighted by Gasteiger charge is 2.33. The lowest BCUT2D eigenvalue weighted by molar-refractivity contribution is -0.117. The number of piperidine rings is 1. The molecule has 2 atom stereocenters. The van der Waals surface area contributed by atoms with Crippen LogP contribution >= 0.6 is 0 Å². The molecule has 0 bridgehead atoms. The van der Waals surface area contributed by atoms with Gasteiger partial charge in [0.15, 0.2) is 0 Å².